The summed E-state index contributed by atoms with van der Waals surface area (Å²) in [7, 11) is 0. The van der Waals surface area contributed by atoms with Gasteiger partial charge in [0.25, 0.3) is 17.8 Å². The third-order valence-electron chi connectivity index (χ3n) is 6.68. The van der Waals surface area contributed by atoms with Gasteiger partial charge >= 0.3 is 6.01 Å². The van der Waals surface area contributed by atoms with Crippen molar-refractivity contribution in [3.8, 4) is 6.01 Å². The topological polar surface area (TPSA) is 135 Å². The van der Waals surface area contributed by atoms with Crippen molar-refractivity contribution in [2.24, 2.45) is 0 Å². The van der Waals surface area contributed by atoms with E-state index in [1.165, 1.54) is 6.26 Å². The summed E-state index contributed by atoms with van der Waals surface area (Å²) in [5.41, 5.74) is 1.96. The Hall–Kier alpha value is -4.03. The molecule has 12 nitrogen and oxygen atoms in total. The highest BCUT2D eigenvalue weighted by molar-refractivity contribution is 6.08. The Labute approximate surface area is 226 Å². The molecule has 0 saturated carbocycles. The zero-order valence-corrected chi connectivity index (χ0v) is 22.0. The van der Waals surface area contributed by atoms with Gasteiger partial charge < -0.3 is 29.4 Å². The lowest BCUT2D eigenvalue weighted by atomic mass is 10.1. The molecule has 0 radical (unpaired) electrons. The molecule has 0 unspecified atom stereocenters. The second-order valence-corrected chi connectivity index (χ2v) is 9.43. The summed E-state index contributed by atoms with van der Waals surface area (Å²) < 4.78 is 16.9. The van der Waals surface area contributed by atoms with Crippen molar-refractivity contribution in [1.29, 1.82) is 0 Å². The smallest absolute Gasteiger partial charge is 0.316 e. The highest BCUT2D eigenvalue weighted by Gasteiger charge is 2.26. The SMILES string of the molecule is CCNC(=O)c1cc(CN2CCOCC2)ccc1NC(=O)c1coc(N2CCC(Oc3ncccn3)CC2)n1. The molecule has 2 aliphatic heterocycles. The van der Waals surface area contributed by atoms with Gasteiger partial charge in [-0.2, -0.15) is 4.98 Å². The predicted octanol–water partition coefficient (Wildman–Crippen LogP) is 2.35. The Bertz CT molecular complexity index is 1250. The van der Waals surface area contributed by atoms with Crippen LogP contribution < -0.4 is 20.3 Å². The number of ether oxygens (including phenoxy) is 2. The minimum atomic E-state index is -0.448. The molecule has 2 amide bonds. The Balaban J connectivity index is 1.21. The van der Waals surface area contributed by atoms with E-state index in [9.17, 15) is 9.59 Å². The molecule has 0 atom stereocenters. The molecular weight excluding hydrogens is 502 g/mol. The average molecular weight is 536 g/mol. The van der Waals surface area contributed by atoms with Gasteiger partial charge in [0.15, 0.2) is 5.69 Å². The van der Waals surface area contributed by atoms with E-state index in [4.69, 9.17) is 13.9 Å². The molecule has 2 saturated heterocycles. The molecule has 0 bridgehead atoms. The molecular formula is C27H33N7O5. The summed E-state index contributed by atoms with van der Waals surface area (Å²) in [5, 5.41) is 5.67. The Kier molecular flexibility index (Phi) is 8.64. The minimum absolute atomic E-state index is 0.000266. The number of benzene rings is 1. The number of carbonyl (C=O) groups excluding carboxylic acids is 2. The standard InChI is InChI=1S/C27H33N7O5/c1-2-28-24(35)21-16-19(17-33-12-14-37-15-13-33)4-5-22(21)31-25(36)23-18-38-27(32-23)34-10-6-20(7-11-34)39-26-29-8-3-9-30-26/h3-5,8-9,16,18,20H,2,6-7,10-15,17H2,1H3,(H,28,35)(H,31,36). The molecule has 206 valence electrons. The molecule has 4 heterocycles. The molecule has 2 fully saturated rings. The van der Waals surface area contributed by atoms with Crippen molar-refractivity contribution >= 4 is 23.5 Å². The van der Waals surface area contributed by atoms with Crippen LogP contribution in [0, 0.1) is 0 Å². The van der Waals surface area contributed by atoms with E-state index in [-0.39, 0.29) is 17.7 Å². The first-order valence-corrected chi connectivity index (χ1v) is 13.3. The summed E-state index contributed by atoms with van der Waals surface area (Å²) >= 11 is 0. The number of anilines is 2. The molecule has 5 rings (SSSR count). The summed E-state index contributed by atoms with van der Waals surface area (Å²) in [4.78, 5) is 42.8. The van der Waals surface area contributed by atoms with Crippen LogP contribution in [-0.4, -0.2) is 83.7 Å². The second-order valence-electron chi connectivity index (χ2n) is 9.43. The lowest BCUT2D eigenvalue weighted by Gasteiger charge is -2.30. The van der Waals surface area contributed by atoms with Gasteiger partial charge in [-0.1, -0.05) is 6.07 Å². The van der Waals surface area contributed by atoms with Crippen LogP contribution in [0.5, 0.6) is 6.01 Å². The van der Waals surface area contributed by atoms with Crippen LogP contribution in [0.3, 0.4) is 0 Å². The van der Waals surface area contributed by atoms with Crippen LogP contribution >= 0.6 is 0 Å². The molecule has 2 aromatic heterocycles. The third kappa shape index (κ3) is 6.89. The van der Waals surface area contributed by atoms with Crippen LogP contribution in [0.2, 0.25) is 0 Å². The van der Waals surface area contributed by atoms with E-state index in [0.717, 1.165) is 31.5 Å². The third-order valence-corrected chi connectivity index (χ3v) is 6.68. The van der Waals surface area contributed by atoms with E-state index >= 15 is 0 Å². The number of hydrogen-bond donors (Lipinski definition) is 2. The monoisotopic (exact) mass is 535 g/mol. The number of amides is 2. The van der Waals surface area contributed by atoms with E-state index in [1.54, 1.807) is 24.5 Å². The van der Waals surface area contributed by atoms with Gasteiger partial charge in [-0.25, -0.2) is 9.97 Å². The zero-order chi connectivity index (χ0) is 27.0. The normalized spacial score (nSPS) is 16.6. The van der Waals surface area contributed by atoms with Crippen molar-refractivity contribution in [3.05, 3.63) is 59.7 Å². The van der Waals surface area contributed by atoms with Crippen LogP contribution in [0.25, 0.3) is 0 Å². The van der Waals surface area contributed by atoms with Gasteiger partial charge in [0.1, 0.15) is 12.4 Å². The number of hydrogen-bond acceptors (Lipinski definition) is 10. The molecule has 3 aromatic rings. The summed E-state index contributed by atoms with van der Waals surface area (Å²) in [6.07, 6.45) is 6.12. The largest absolute Gasteiger partial charge is 0.460 e. The van der Waals surface area contributed by atoms with Crippen molar-refractivity contribution in [2.45, 2.75) is 32.4 Å². The van der Waals surface area contributed by atoms with Crippen molar-refractivity contribution in [1.82, 2.24) is 25.2 Å². The van der Waals surface area contributed by atoms with Gasteiger partial charge in [-0.3, -0.25) is 14.5 Å². The maximum Gasteiger partial charge on any atom is 0.316 e. The first kappa shape index (κ1) is 26.6. The molecule has 39 heavy (non-hydrogen) atoms. The van der Waals surface area contributed by atoms with Crippen molar-refractivity contribution in [2.75, 3.05) is 56.2 Å². The fraction of sp³-hybridized carbons (Fsp3) is 0.444. The first-order valence-electron chi connectivity index (χ1n) is 13.3. The Morgan fingerprint density at radius 1 is 1.08 bits per heavy atom. The Morgan fingerprint density at radius 3 is 2.59 bits per heavy atom. The number of nitrogens with one attached hydrogen (secondary N) is 2. The van der Waals surface area contributed by atoms with E-state index < -0.39 is 5.91 Å². The van der Waals surface area contributed by atoms with Crippen molar-refractivity contribution in [3.63, 3.8) is 0 Å². The average Bonchev–Trinajstić information content (AvgIpc) is 3.46. The fourth-order valence-electron chi connectivity index (χ4n) is 4.62. The number of aromatic nitrogens is 3. The molecule has 2 aliphatic rings. The number of nitrogens with zero attached hydrogens (tertiary/aromatic N) is 5. The maximum absolute atomic E-state index is 13.1. The molecule has 0 spiro atoms. The minimum Gasteiger partial charge on any atom is -0.460 e. The predicted molar refractivity (Wildman–Crippen MR) is 143 cm³/mol. The van der Waals surface area contributed by atoms with Crippen LogP contribution in [0.15, 0.2) is 47.3 Å². The molecule has 0 aliphatic carbocycles. The van der Waals surface area contributed by atoms with Gasteiger partial charge in [-0.05, 0) is 30.7 Å². The summed E-state index contributed by atoms with van der Waals surface area (Å²) in [6.45, 7) is 7.44. The lowest BCUT2D eigenvalue weighted by Crippen LogP contribution is -2.38. The van der Waals surface area contributed by atoms with Gasteiger partial charge in [0.05, 0.1) is 24.5 Å². The number of morpholine rings is 1. The van der Waals surface area contributed by atoms with E-state index in [1.807, 2.05) is 24.0 Å². The summed E-state index contributed by atoms with van der Waals surface area (Å²) in [6, 6.07) is 8.01. The van der Waals surface area contributed by atoms with Gasteiger partial charge in [0, 0.05) is 64.5 Å². The first-order chi connectivity index (χ1) is 19.1. The quantitative estimate of drug-likeness (QED) is 0.420. The number of piperidine rings is 1. The lowest BCUT2D eigenvalue weighted by molar-refractivity contribution is 0.0342. The zero-order valence-electron chi connectivity index (χ0n) is 22.0. The van der Waals surface area contributed by atoms with Crippen LogP contribution in [-0.2, 0) is 11.3 Å². The van der Waals surface area contributed by atoms with Crippen LogP contribution in [0.4, 0.5) is 11.7 Å². The molecule has 1 aromatic carbocycles. The van der Waals surface area contributed by atoms with Gasteiger partial charge in [-0.15, -0.1) is 0 Å². The number of carbonyl (C=O) groups is 2. The fourth-order valence-corrected chi connectivity index (χ4v) is 4.62. The number of rotatable bonds is 9. The van der Waals surface area contributed by atoms with E-state index in [2.05, 4.69) is 30.5 Å². The highest BCUT2D eigenvalue weighted by Crippen LogP contribution is 2.24. The highest BCUT2D eigenvalue weighted by atomic mass is 16.5. The van der Waals surface area contributed by atoms with Crippen molar-refractivity contribution < 1.29 is 23.5 Å². The van der Waals surface area contributed by atoms with Crippen LogP contribution in [0.1, 0.15) is 46.2 Å². The summed E-state index contributed by atoms with van der Waals surface area (Å²) in [5.74, 6) is -0.695. The maximum atomic E-state index is 13.1. The molecule has 2 N–H and O–H groups in total. The van der Waals surface area contributed by atoms with E-state index in [0.29, 0.717) is 62.7 Å². The Morgan fingerprint density at radius 2 is 1.85 bits per heavy atom. The van der Waals surface area contributed by atoms with Gasteiger partial charge in [0.2, 0.25) is 0 Å². The number of oxazole rings is 1. The second kappa shape index (κ2) is 12.7. The molecule has 12 heteroatoms.